The van der Waals surface area contributed by atoms with Gasteiger partial charge in [0.1, 0.15) is 6.61 Å². The molecule has 3 aliphatic carbocycles. The first-order chi connectivity index (χ1) is 16.8. The van der Waals surface area contributed by atoms with E-state index in [2.05, 4.69) is 34.9 Å². The van der Waals surface area contributed by atoms with Crippen LogP contribution in [0.1, 0.15) is 43.2 Å². The first-order valence-electron chi connectivity index (χ1n) is 12.0. The van der Waals surface area contributed by atoms with Crippen molar-refractivity contribution in [3.8, 4) is 11.1 Å². The van der Waals surface area contributed by atoms with Crippen LogP contribution in [0.4, 0.5) is 4.79 Å². The molecule has 0 radical (unpaired) electrons. The maximum absolute atomic E-state index is 12.9. The van der Waals surface area contributed by atoms with Gasteiger partial charge in [0.25, 0.3) is 0 Å². The summed E-state index contributed by atoms with van der Waals surface area (Å²) in [4.78, 5) is 37.1. The highest BCUT2D eigenvalue weighted by atomic mass is 16.5. The Hall–Kier alpha value is -3.39. The molecule has 2 aromatic rings. The van der Waals surface area contributed by atoms with Crippen LogP contribution in [0.15, 0.2) is 48.5 Å². The van der Waals surface area contributed by atoms with Crippen LogP contribution in [-0.4, -0.2) is 55.0 Å². The number of aliphatic carboxylic acids is 1. The lowest BCUT2D eigenvalue weighted by molar-refractivity contribution is -0.146. The number of nitrogens with one attached hydrogen (secondary N) is 2. The summed E-state index contributed by atoms with van der Waals surface area (Å²) in [6.45, 7) is 1.84. The number of benzene rings is 2. The van der Waals surface area contributed by atoms with Gasteiger partial charge in [-0.1, -0.05) is 48.5 Å². The number of carboxylic acid groups (broad SMARTS) is 1. The summed E-state index contributed by atoms with van der Waals surface area (Å²) < 4.78 is 10.7. The van der Waals surface area contributed by atoms with E-state index in [0.717, 1.165) is 11.1 Å². The number of hydrogen-bond donors (Lipinski definition) is 3. The highest BCUT2D eigenvalue weighted by molar-refractivity contribution is 5.90. The number of ether oxygens (including phenoxy) is 2. The lowest BCUT2D eigenvalue weighted by Crippen LogP contribution is -2.51. The minimum absolute atomic E-state index is 0.0158. The standard InChI is InChI=1S/C27H30N2O6/c1-15(34-2)23(24(30)31)29-25(32)27-12-16(27)11-17(13-27)28-26(33)35-14-22-20-9-5-3-7-18(20)19-8-4-6-10-21(19)22/h3-10,15-17,22-23H,11-14H2,1-2H3,(H,28,33)(H,29,32)(H,30,31)/t15?,16-,17+,23?,27+/m1/s1. The van der Waals surface area contributed by atoms with Crippen molar-refractivity contribution in [2.75, 3.05) is 13.7 Å². The Balaban J connectivity index is 1.17. The maximum atomic E-state index is 12.9. The molecule has 2 fully saturated rings. The molecule has 2 unspecified atom stereocenters. The van der Waals surface area contributed by atoms with Gasteiger partial charge in [0, 0.05) is 19.1 Å². The zero-order valence-electron chi connectivity index (χ0n) is 19.8. The number of carbonyl (C=O) groups is 3. The van der Waals surface area contributed by atoms with Crippen LogP contribution in [0.2, 0.25) is 0 Å². The molecule has 3 N–H and O–H groups in total. The Kier molecular flexibility index (Phi) is 6.01. The second kappa shape index (κ2) is 9.00. The van der Waals surface area contributed by atoms with Crippen LogP contribution >= 0.6 is 0 Å². The molecule has 5 atom stereocenters. The number of hydrogen-bond acceptors (Lipinski definition) is 5. The lowest BCUT2D eigenvalue weighted by atomic mass is 9.98. The van der Waals surface area contributed by atoms with Gasteiger partial charge in [-0.2, -0.15) is 0 Å². The molecule has 184 valence electrons. The number of carboxylic acids is 1. The minimum atomic E-state index is -1.13. The first kappa shape index (κ1) is 23.4. The number of amides is 2. The molecule has 3 aliphatic rings. The van der Waals surface area contributed by atoms with Gasteiger partial charge in [-0.25, -0.2) is 9.59 Å². The van der Waals surface area contributed by atoms with Crippen molar-refractivity contribution in [1.82, 2.24) is 10.6 Å². The van der Waals surface area contributed by atoms with Gasteiger partial charge in [-0.05, 0) is 54.4 Å². The second-order valence-corrected chi connectivity index (χ2v) is 9.89. The third-order valence-corrected chi connectivity index (χ3v) is 7.92. The van der Waals surface area contributed by atoms with E-state index in [0.29, 0.717) is 19.3 Å². The van der Waals surface area contributed by atoms with Crippen molar-refractivity contribution in [2.45, 2.75) is 50.3 Å². The Morgan fingerprint density at radius 2 is 1.69 bits per heavy atom. The Morgan fingerprint density at radius 3 is 2.29 bits per heavy atom. The van der Waals surface area contributed by atoms with E-state index in [9.17, 15) is 19.5 Å². The fourth-order valence-corrected chi connectivity index (χ4v) is 5.89. The van der Waals surface area contributed by atoms with Crippen LogP contribution < -0.4 is 10.6 Å². The summed E-state index contributed by atoms with van der Waals surface area (Å²) in [5.41, 5.74) is 4.02. The third-order valence-electron chi connectivity index (χ3n) is 7.92. The summed E-state index contributed by atoms with van der Waals surface area (Å²) in [5.74, 6) is -1.30. The predicted octanol–water partition coefficient (Wildman–Crippen LogP) is 3.30. The van der Waals surface area contributed by atoms with E-state index >= 15 is 0 Å². The first-order valence-corrected chi connectivity index (χ1v) is 12.0. The lowest BCUT2D eigenvalue weighted by Gasteiger charge is -2.23. The second-order valence-electron chi connectivity index (χ2n) is 9.89. The van der Waals surface area contributed by atoms with Crippen molar-refractivity contribution in [1.29, 1.82) is 0 Å². The van der Waals surface area contributed by atoms with Crippen molar-refractivity contribution in [3.63, 3.8) is 0 Å². The molecule has 0 heterocycles. The van der Waals surface area contributed by atoms with Gasteiger partial charge < -0.3 is 25.2 Å². The molecule has 8 heteroatoms. The number of rotatable bonds is 8. The molecule has 0 saturated heterocycles. The van der Waals surface area contributed by atoms with Gasteiger partial charge in [0.05, 0.1) is 11.5 Å². The van der Waals surface area contributed by atoms with Gasteiger partial charge in [0.2, 0.25) is 5.91 Å². The topological polar surface area (TPSA) is 114 Å². The quantitative estimate of drug-likeness (QED) is 0.537. The fourth-order valence-electron chi connectivity index (χ4n) is 5.89. The molecule has 2 amide bonds. The van der Waals surface area contributed by atoms with Gasteiger partial charge >= 0.3 is 12.1 Å². The van der Waals surface area contributed by atoms with Crippen molar-refractivity contribution in [3.05, 3.63) is 59.7 Å². The highest BCUT2D eigenvalue weighted by Crippen LogP contribution is 2.63. The minimum Gasteiger partial charge on any atom is -0.480 e. The molecule has 0 bridgehead atoms. The number of fused-ring (bicyclic) bond motifs is 4. The largest absolute Gasteiger partial charge is 0.480 e. The average molecular weight is 479 g/mol. The summed E-state index contributed by atoms with van der Waals surface area (Å²) in [6, 6.07) is 15.0. The molecular formula is C27H30N2O6. The van der Waals surface area contributed by atoms with Gasteiger partial charge in [0.15, 0.2) is 6.04 Å². The van der Waals surface area contributed by atoms with Crippen LogP contribution in [0.5, 0.6) is 0 Å². The Labute approximate surface area is 204 Å². The normalized spacial score (nSPS) is 25.5. The zero-order chi connectivity index (χ0) is 24.7. The highest BCUT2D eigenvalue weighted by Gasteiger charge is 2.65. The van der Waals surface area contributed by atoms with Crippen molar-refractivity contribution in [2.24, 2.45) is 11.3 Å². The third kappa shape index (κ3) is 4.16. The number of methoxy groups -OCH3 is 1. The molecule has 8 nitrogen and oxygen atoms in total. The number of carbonyl (C=O) groups excluding carboxylic acids is 2. The predicted molar refractivity (Wildman–Crippen MR) is 128 cm³/mol. The smallest absolute Gasteiger partial charge is 0.407 e. The summed E-state index contributed by atoms with van der Waals surface area (Å²) in [7, 11) is 1.41. The maximum Gasteiger partial charge on any atom is 0.407 e. The van der Waals surface area contributed by atoms with Gasteiger partial charge in [-0.3, -0.25) is 4.79 Å². The molecule has 35 heavy (non-hydrogen) atoms. The monoisotopic (exact) mass is 478 g/mol. The summed E-state index contributed by atoms with van der Waals surface area (Å²) in [5, 5.41) is 15.0. The molecular weight excluding hydrogens is 448 g/mol. The van der Waals surface area contributed by atoms with E-state index < -0.39 is 29.6 Å². The number of alkyl carbamates (subject to hydrolysis) is 1. The van der Waals surface area contributed by atoms with Crippen molar-refractivity contribution < 1.29 is 29.0 Å². The van der Waals surface area contributed by atoms with Crippen LogP contribution in [0, 0.1) is 11.3 Å². The zero-order valence-corrected chi connectivity index (χ0v) is 19.8. The molecule has 0 spiro atoms. The fraction of sp³-hybridized carbons (Fsp3) is 0.444. The summed E-state index contributed by atoms with van der Waals surface area (Å²) in [6.07, 6.45) is 0.706. The van der Waals surface area contributed by atoms with Crippen molar-refractivity contribution >= 4 is 18.0 Å². The van der Waals surface area contributed by atoms with Gasteiger partial charge in [-0.15, -0.1) is 0 Å². The van der Waals surface area contributed by atoms with E-state index in [4.69, 9.17) is 9.47 Å². The SMILES string of the molecule is COC(C)C(NC(=O)[C@@]12C[C@@H](NC(=O)OCC3c4ccccc4-c4ccccc43)C[C@@H]1C2)C(=O)O. The molecule has 0 aromatic heterocycles. The molecule has 2 aromatic carbocycles. The molecule has 0 aliphatic heterocycles. The van der Waals surface area contributed by atoms with Crippen LogP contribution in [0.3, 0.4) is 0 Å². The molecule has 5 rings (SSSR count). The van der Waals surface area contributed by atoms with E-state index in [1.807, 2.05) is 24.3 Å². The van der Waals surface area contributed by atoms with E-state index in [-0.39, 0.29) is 30.4 Å². The average Bonchev–Trinajstić information content (AvgIpc) is 3.28. The Morgan fingerprint density at radius 1 is 1.06 bits per heavy atom. The van der Waals surface area contributed by atoms with Crippen LogP contribution in [-0.2, 0) is 19.1 Å². The summed E-state index contributed by atoms with van der Waals surface area (Å²) >= 11 is 0. The van der Waals surface area contributed by atoms with Crippen LogP contribution in [0.25, 0.3) is 11.1 Å². The van der Waals surface area contributed by atoms with E-state index in [1.165, 1.54) is 18.2 Å². The molecule has 2 saturated carbocycles. The Bertz CT molecular complexity index is 1120. The van der Waals surface area contributed by atoms with E-state index in [1.54, 1.807) is 6.92 Å².